The van der Waals surface area contributed by atoms with Gasteiger partial charge >= 0.3 is 0 Å². The lowest BCUT2D eigenvalue weighted by molar-refractivity contribution is -0.120. The molecule has 1 aliphatic carbocycles. The van der Waals surface area contributed by atoms with Crippen LogP contribution in [0.15, 0.2) is 36.4 Å². The molecule has 4 nitrogen and oxygen atoms in total. The molecule has 0 unspecified atom stereocenters. The molecule has 2 aromatic rings. The molecule has 1 heterocycles. The van der Waals surface area contributed by atoms with E-state index >= 15 is 0 Å². The number of hydrogen-bond donors (Lipinski definition) is 2. The third-order valence-electron chi connectivity index (χ3n) is 5.17. The summed E-state index contributed by atoms with van der Waals surface area (Å²) in [7, 11) is 0. The fourth-order valence-electron chi connectivity index (χ4n) is 3.82. The minimum absolute atomic E-state index is 0.0565. The lowest BCUT2D eigenvalue weighted by Gasteiger charge is -2.34. The van der Waals surface area contributed by atoms with Gasteiger partial charge in [0, 0.05) is 17.7 Å². The molecule has 1 aromatic carbocycles. The fraction of sp³-hybridized carbons (Fsp3) is 0.500. The molecule has 0 spiro atoms. The van der Waals surface area contributed by atoms with E-state index in [1.807, 2.05) is 13.0 Å². The molecule has 3 rings (SSSR count). The van der Waals surface area contributed by atoms with Crippen LogP contribution in [-0.2, 0) is 16.6 Å². The summed E-state index contributed by atoms with van der Waals surface area (Å²) in [5, 5.41) is 10.2. The zero-order valence-corrected chi connectivity index (χ0v) is 14.5. The van der Waals surface area contributed by atoms with Crippen LogP contribution < -0.4 is 5.32 Å². The number of aromatic nitrogens is 2. The highest BCUT2D eigenvalue weighted by atomic mass is 16.1. The van der Waals surface area contributed by atoms with E-state index in [9.17, 15) is 4.79 Å². The van der Waals surface area contributed by atoms with E-state index in [0.717, 1.165) is 30.8 Å². The quantitative estimate of drug-likeness (QED) is 0.824. The summed E-state index contributed by atoms with van der Waals surface area (Å²) in [5.41, 5.74) is 3.24. The molecule has 1 saturated carbocycles. The summed E-state index contributed by atoms with van der Waals surface area (Å²) in [5.74, 6) is 0.0565. The van der Waals surface area contributed by atoms with Gasteiger partial charge in [-0.25, -0.2) is 0 Å². The number of nitrogens with zero attached hydrogens (tertiary/aromatic N) is 1. The van der Waals surface area contributed by atoms with Crippen LogP contribution in [0.5, 0.6) is 0 Å². The average molecular weight is 325 g/mol. The van der Waals surface area contributed by atoms with E-state index in [2.05, 4.69) is 45.8 Å². The molecule has 128 valence electrons. The summed E-state index contributed by atoms with van der Waals surface area (Å²) in [4.78, 5) is 12.4. The number of rotatable bonds is 5. The second kappa shape index (κ2) is 7.65. The van der Waals surface area contributed by atoms with Crippen molar-refractivity contribution in [3.8, 4) is 0 Å². The molecule has 0 radical (unpaired) electrons. The van der Waals surface area contributed by atoms with E-state index in [1.165, 1.54) is 31.2 Å². The lowest BCUT2D eigenvalue weighted by atomic mass is 9.74. The molecule has 0 bridgehead atoms. The number of hydrogen-bond acceptors (Lipinski definition) is 2. The zero-order chi connectivity index (χ0) is 16.8. The Bertz CT molecular complexity index is 655. The van der Waals surface area contributed by atoms with Crippen LogP contribution in [0.25, 0.3) is 0 Å². The summed E-state index contributed by atoms with van der Waals surface area (Å²) in [6, 6.07) is 12.6. The monoisotopic (exact) mass is 325 g/mol. The van der Waals surface area contributed by atoms with Crippen LogP contribution in [0.1, 0.15) is 55.5 Å². The molecule has 2 N–H and O–H groups in total. The van der Waals surface area contributed by atoms with Gasteiger partial charge in [-0.05, 0) is 31.4 Å². The Morgan fingerprint density at radius 2 is 1.88 bits per heavy atom. The van der Waals surface area contributed by atoms with E-state index < -0.39 is 0 Å². The first-order valence-electron chi connectivity index (χ1n) is 9.01. The Labute approximate surface area is 144 Å². The third-order valence-corrected chi connectivity index (χ3v) is 5.17. The van der Waals surface area contributed by atoms with Crippen molar-refractivity contribution in [1.29, 1.82) is 0 Å². The molecular weight excluding hydrogens is 298 g/mol. The van der Waals surface area contributed by atoms with Crippen molar-refractivity contribution in [2.24, 2.45) is 0 Å². The van der Waals surface area contributed by atoms with Crippen molar-refractivity contribution in [3.63, 3.8) is 0 Å². The lowest BCUT2D eigenvalue weighted by Crippen LogP contribution is -2.41. The van der Waals surface area contributed by atoms with Gasteiger partial charge in [-0.3, -0.25) is 9.89 Å². The van der Waals surface area contributed by atoms with Crippen molar-refractivity contribution in [3.05, 3.63) is 53.3 Å². The first-order valence-corrected chi connectivity index (χ1v) is 9.01. The van der Waals surface area contributed by atoms with Crippen molar-refractivity contribution in [1.82, 2.24) is 15.5 Å². The van der Waals surface area contributed by atoms with Crippen LogP contribution in [0.4, 0.5) is 0 Å². The summed E-state index contributed by atoms with van der Waals surface area (Å²) >= 11 is 0. The highest BCUT2D eigenvalue weighted by molar-refractivity contribution is 5.78. The Hall–Kier alpha value is -2.10. The average Bonchev–Trinajstić information content (AvgIpc) is 2.86. The maximum absolute atomic E-state index is 12.4. The molecule has 1 amide bonds. The van der Waals surface area contributed by atoms with Crippen LogP contribution in [-0.4, -0.2) is 22.6 Å². The predicted octanol–water partition coefficient (Wildman–Crippen LogP) is 3.67. The topological polar surface area (TPSA) is 57.8 Å². The molecule has 4 heteroatoms. The van der Waals surface area contributed by atoms with E-state index in [0.29, 0.717) is 6.42 Å². The van der Waals surface area contributed by atoms with Gasteiger partial charge < -0.3 is 5.32 Å². The van der Waals surface area contributed by atoms with Crippen molar-refractivity contribution in [2.75, 3.05) is 6.54 Å². The number of amides is 1. The smallest absolute Gasteiger partial charge is 0.226 e. The Kier molecular flexibility index (Phi) is 5.34. The molecule has 0 saturated heterocycles. The minimum atomic E-state index is 0.0565. The highest BCUT2D eigenvalue weighted by Crippen LogP contribution is 2.37. The molecule has 0 aliphatic heterocycles. The predicted molar refractivity (Wildman–Crippen MR) is 95.9 cm³/mol. The van der Waals surface area contributed by atoms with Crippen LogP contribution in [0, 0.1) is 6.92 Å². The first-order chi connectivity index (χ1) is 11.7. The van der Waals surface area contributed by atoms with Gasteiger partial charge in [0.15, 0.2) is 0 Å². The van der Waals surface area contributed by atoms with E-state index in [1.54, 1.807) is 0 Å². The molecule has 24 heavy (non-hydrogen) atoms. The number of aromatic amines is 1. The van der Waals surface area contributed by atoms with Gasteiger partial charge in [0.25, 0.3) is 0 Å². The number of carbonyl (C=O) groups excluding carboxylic acids is 1. The maximum Gasteiger partial charge on any atom is 0.226 e. The van der Waals surface area contributed by atoms with Gasteiger partial charge in [0.1, 0.15) is 0 Å². The number of nitrogens with one attached hydrogen (secondary N) is 2. The maximum atomic E-state index is 12.4. The zero-order valence-electron chi connectivity index (χ0n) is 14.5. The molecular formula is C20H27N3O. The van der Waals surface area contributed by atoms with Crippen LogP contribution in [0.2, 0.25) is 0 Å². The van der Waals surface area contributed by atoms with E-state index in [-0.39, 0.29) is 11.3 Å². The SMILES string of the molecule is Cc1cc(CC(=O)NCC2(c3ccccc3)CCCCCC2)n[nH]1. The minimum Gasteiger partial charge on any atom is -0.355 e. The summed E-state index contributed by atoms with van der Waals surface area (Å²) < 4.78 is 0. The summed E-state index contributed by atoms with van der Waals surface area (Å²) in [6.45, 7) is 2.67. The van der Waals surface area contributed by atoms with Crippen LogP contribution in [0.3, 0.4) is 0 Å². The molecule has 1 fully saturated rings. The van der Waals surface area contributed by atoms with E-state index in [4.69, 9.17) is 0 Å². The molecule has 0 atom stereocenters. The fourth-order valence-corrected chi connectivity index (χ4v) is 3.82. The Balaban J connectivity index is 1.69. The van der Waals surface area contributed by atoms with Crippen molar-refractivity contribution >= 4 is 5.91 Å². The molecule has 1 aliphatic rings. The first kappa shape index (κ1) is 16.7. The van der Waals surface area contributed by atoms with Crippen molar-refractivity contribution in [2.45, 2.75) is 57.3 Å². The number of H-pyrrole nitrogens is 1. The van der Waals surface area contributed by atoms with Gasteiger partial charge in [-0.1, -0.05) is 56.0 Å². The van der Waals surface area contributed by atoms with Gasteiger partial charge in [0.05, 0.1) is 12.1 Å². The number of aryl methyl sites for hydroxylation is 1. The normalized spacial score (nSPS) is 17.2. The van der Waals surface area contributed by atoms with Gasteiger partial charge in [0.2, 0.25) is 5.91 Å². The number of benzene rings is 1. The summed E-state index contributed by atoms with van der Waals surface area (Å²) in [6.07, 6.45) is 7.73. The Morgan fingerprint density at radius 3 is 2.50 bits per heavy atom. The molecule has 1 aromatic heterocycles. The third kappa shape index (κ3) is 4.05. The Morgan fingerprint density at radius 1 is 1.17 bits per heavy atom. The standard InChI is InChI=1S/C20H27N3O/c1-16-13-18(23-22-16)14-19(24)21-15-20(11-7-2-3-8-12-20)17-9-5-4-6-10-17/h4-6,9-10,13H,2-3,7-8,11-12,14-15H2,1H3,(H,21,24)(H,22,23). The van der Waals surface area contributed by atoms with Crippen LogP contribution >= 0.6 is 0 Å². The van der Waals surface area contributed by atoms with Gasteiger partial charge in [-0.15, -0.1) is 0 Å². The number of carbonyl (C=O) groups is 1. The highest BCUT2D eigenvalue weighted by Gasteiger charge is 2.33. The van der Waals surface area contributed by atoms with Crippen molar-refractivity contribution < 1.29 is 4.79 Å². The second-order valence-electron chi connectivity index (χ2n) is 7.06. The second-order valence-corrected chi connectivity index (χ2v) is 7.06. The largest absolute Gasteiger partial charge is 0.355 e. The van der Waals surface area contributed by atoms with Gasteiger partial charge in [-0.2, -0.15) is 5.10 Å².